The number of anilines is 2. The molecule has 45 heavy (non-hydrogen) atoms. The SMILES string of the molecule is CCOC=P(C1CCCC1)(C1CCCC1)C1(Cl)CCC(=C2N(c3c(C)cc(C)cc3C)CCN2c2c(C)cc(C)cc2C)C1Cl. The van der Waals surface area contributed by atoms with Crippen LogP contribution >= 0.6 is 30.1 Å². The van der Waals surface area contributed by atoms with Crippen molar-refractivity contribution in [2.45, 2.75) is 134 Å². The van der Waals surface area contributed by atoms with Crippen LogP contribution in [0.25, 0.3) is 0 Å². The van der Waals surface area contributed by atoms with Crippen molar-refractivity contribution < 1.29 is 4.74 Å². The number of aryl methyl sites for hydroxylation is 6. The van der Waals surface area contributed by atoms with E-state index in [1.807, 2.05) is 0 Å². The Bertz CT molecular complexity index is 1390. The minimum atomic E-state index is -1.92. The van der Waals surface area contributed by atoms with Crippen LogP contribution in [0, 0.1) is 41.5 Å². The van der Waals surface area contributed by atoms with Crippen molar-refractivity contribution in [1.29, 1.82) is 0 Å². The molecule has 2 atom stereocenters. The second kappa shape index (κ2) is 13.3. The summed E-state index contributed by atoms with van der Waals surface area (Å²) >= 11 is 16.3. The van der Waals surface area contributed by atoms with E-state index in [0.717, 1.165) is 25.9 Å². The highest BCUT2D eigenvalue weighted by atomic mass is 35.5. The Labute approximate surface area is 283 Å². The molecule has 1 saturated heterocycles. The Morgan fingerprint density at radius 3 is 1.60 bits per heavy atom. The minimum Gasteiger partial charge on any atom is -0.354 e. The van der Waals surface area contributed by atoms with Crippen LogP contribution in [0.1, 0.15) is 105 Å². The lowest BCUT2D eigenvalue weighted by Gasteiger charge is -2.49. The molecule has 1 aliphatic heterocycles. The first kappa shape index (κ1) is 33.5. The molecule has 0 radical (unpaired) electrons. The lowest BCUT2D eigenvalue weighted by Crippen LogP contribution is -2.39. The summed E-state index contributed by atoms with van der Waals surface area (Å²) < 4.78 is 5.94. The smallest absolute Gasteiger partial charge is 0.114 e. The first-order valence-corrected chi connectivity index (χ1v) is 20.5. The molecule has 0 spiro atoms. The van der Waals surface area contributed by atoms with Crippen LogP contribution in [0.4, 0.5) is 11.4 Å². The van der Waals surface area contributed by atoms with Gasteiger partial charge in [0.05, 0.1) is 9.99 Å². The summed E-state index contributed by atoms with van der Waals surface area (Å²) in [7, 11) is 0. The fourth-order valence-corrected chi connectivity index (χ4v) is 18.2. The van der Waals surface area contributed by atoms with Gasteiger partial charge in [0.2, 0.25) is 0 Å². The van der Waals surface area contributed by atoms with Gasteiger partial charge in [0.1, 0.15) is 5.82 Å². The molecule has 246 valence electrons. The van der Waals surface area contributed by atoms with Gasteiger partial charge in [0.25, 0.3) is 0 Å². The van der Waals surface area contributed by atoms with E-state index in [1.165, 1.54) is 108 Å². The fraction of sp³-hybridized carbons (Fsp3) is 0.615. The maximum Gasteiger partial charge on any atom is 0.114 e. The van der Waals surface area contributed by atoms with Crippen molar-refractivity contribution in [2.24, 2.45) is 0 Å². The summed E-state index contributed by atoms with van der Waals surface area (Å²) in [5.41, 5.74) is 13.2. The van der Waals surface area contributed by atoms with Gasteiger partial charge in [-0.3, -0.25) is 0 Å². The number of nitrogens with zero attached hydrogens (tertiary/aromatic N) is 2. The number of halogens is 2. The van der Waals surface area contributed by atoms with Crippen LogP contribution in [-0.4, -0.2) is 47.0 Å². The molecule has 1 heterocycles. The number of ether oxygens (including phenoxy) is 1. The summed E-state index contributed by atoms with van der Waals surface area (Å²) in [5, 5.41) is -0.236. The summed E-state index contributed by atoms with van der Waals surface area (Å²) in [5.74, 6) is 3.65. The molecular formula is C39H55Cl2N2OP. The third-order valence-electron chi connectivity index (χ3n) is 11.5. The van der Waals surface area contributed by atoms with Gasteiger partial charge in [-0.25, -0.2) is 0 Å². The molecule has 0 amide bonds. The first-order chi connectivity index (χ1) is 21.5. The Hall–Kier alpha value is -1.38. The van der Waals surface area contributed by atoms with Crippen molar-refractivity contribution in [3.8, 4) is 0 Å². The van der Waals surface area contributed by atoms with Gasteiger partial charge in [-0.2, -0.15) is 0 Å². The Morgan fingerprint density at radius 2 is 1.20 bits per heavy atom. The van der Waals surface area contributed by atoms with Crippen LogP contribution in [0.3, 0.4) is 0 Å². The molecule has 0 aromatic heterocycles. The Kier molecular flexibility index (Phi) is 9.88. The summed E-state index contributed by atoms with van der Waals surface area (Å²) in [6, 6.07) is 9.34. The van der Waals surface area contributed by atoms with Crippen molar-refractivity contribution in [1.82, 2.24) is 0 Å². The standard InChI is InChI=1S/C39H55Cl2N2OP/c1-8-44-25-45(32-13-9-10-14-32,33-15-11-12-16-33)39(41)18-17-34(37(39)40)38-42(35-28(4)21-26(2)22-29(35)5)19-20-43(38)36-30(6)23-27(3)24-31(36)7/h21-25,32-33,37H,8-20H2,1-7H3. The number of benzene rings is 2. The minimum absolute atomic E-state index is 0.236. The van der Waals surface area contributed by atoms with E-state index in [2.05, 4.69) is 88.5 Å². The quantitative estimate of drug-likeness (QED) is 0.216. The average molecular weight is 670 g/mol. The highest BCUT2D eigenvalue weighted by Crippen LogP contribution is 2.78. The van der Waals surface area contributed by atoms with Crippen molar-refractivity contribution >= 4 is 47.4 Å². The van der Waals surface area contributed by atoms with Crippen LogP contribution < -0.4 is 9.80 Å². The third-order valence-corrected chi connectivity index (χ3v) is 19.4. The van der Waals surface area contributed by atoms with Gasteiger partial charge in [0.15, 0.2) is 0 Å². The summed E-state index contributed by atoms with van der Waals surface area (Å²) in [6.07, 6.45) is 12.2. The van der Waals surface area contributed by atoms with Gasteiger partial charge in [-0.05, 0) is 126 Å². The first-order valence-electron chi connectivity index (χ1n) is 17.6. The summed E-state index contributed by atoms with van der Waals surface area (Å²) in [6.45, 7) is 16.3. The van der Waals surface area contributed by atoms with E-state index in [1.54, 1.807) is 0 Å². The highest BCUT2D eigenvalue weighted by Gasteiger charge is 2.59. The maximum atomic E-state index is 8.30. The van der Waals surface area contributed by atoms with E-state index in [-0.39, 0.29) is 5.38 Å². The number of alkyl halides is 2. The zero-order chi connectivity index (χ0) is 32.1. The van der Waals surface area contributed by atoms with E-state index in [9.17, 15) is 0 Å². The van der Waals surface area contributed by atoms with Crippen molar-refractivity contribution in [3.05, 3.63) is 69.0 Å². The summed E-state index contributed by atoms with van der Waals surface area (Å²) in [4.78, 5) is 5.21. The van der Waals surface area contributed by atoms with Gasteiger partial charge in [-0.15, -0.1) is 23.2 Å². The molecule has 2 aromatic rings. The maximum absolute atomic E-state index is 8.30. The van der Waals surface area contributed by atoms with Gasteiger partial charge in [0, 0.05) is 37.1 Å². The zero-order valence-corrected chi connectivity index (χ0v) is 31.2. The highest BCUT2D eigenvalue weighted by molar-refractivity contribution is 7.79. The number of rotatable bonds is 7. The molecule has 3 aliphatic carbocycles. The molecule has 4 aliphatic rings. The second-order valence-electron chi connectivity index (χ2n) is 14.6. The molecule has 2 unspecified atom stereocenters. The molecule has 4 fully saturated rings. The van der Waals surface area contributed by atoms with E-state index in [4.69, 9.17) is 27.9 Å². The Morgan fingerprint density at radius 1 is 0.778 bits per heavy atom. The average Bonchev–Trinajstić information content (AvgIpc) is 3.79. The van der Waals surface area contributed by atoms with Crippen LogP contribution in [0.15, 0.2) is 35.7 Å². The van der Waals surface area contributed by atoms with E-state index in [0.29, 0.717) is 17.9 Å². The van der Waals surface area contributed by atoms with Crippen molar-refractivity contribution in [3.63, 3.8) is 0 Å². The van der Waals surface area contributed by atoms with Crippen LogP contribution in [0.5, 0.6) is 0 Å². The molecule has 3 saturated carbocycles. The van der Waals surface area contributed by atoms with Crippen LogP contribution in [0.2, 0.25) is 0 Å². The molecule has 3 nitrogen and oxygen atoms in total. The number of hydrogen-bond acceptors (Lipinski definition) is 3. The fourth-order valence-electron chi connectivity index (χ4n) is 10.0. The van der Waals surface area contributed by atoms with E-state index < -0.39 is 11.5 Å². The van der Waals surface area contributed by atoms with Crippen molar-refractivity contribution in [2.75, 3.05) is 29.5 Å². The molecule has 2 aromatic carbocycles. The molecule has 0 bridgehead atoms. The predicted octanol–water partition coefficient (Wildman–Crippen LogP) is 11.1. The molecule has 6 heteroatoms. The number of allylic oxidation sites excluding steroid dienone is 1. The monoisotopic (exact) mass is 668 g/mol. The van der Waals surface area contributed by atoms with Gasteiger partial charge < -0.3 is 14.5 Å². The topological polar surface area (TPSA) is 15.7 Å². The predicted molar refractivity (Wildman–Crippen MR) is 200 cm³/mol. The van der Waals surface area contributed by atoms with E-state index >= 15 is 0 Å². The molecular weight excluding hydrogens is 614 g/mol. The second-order valence-corrected chi connectivity index (χ2v) is 20.1. The normalized spacial score (nSPS) is 25.0. The van der Waals surface area contributed by atoms with Gasteiger partial charge in [-0.1, -0.05) is 68.0 Å². The largest absolute Gasteiger partial charge is 0.354 e. The molecule has 0 N–H and O–H groups in total. The third kappa shape index (κ3) is 5.64. The Balaban J connectivity index is 1.56. The van der Waals surface area contributed by atoms with Gasteiger partial charge >= 0.3 is 0 Å². The lowest BCUT2D eigenvalue weighted by atomic mass is 10.0. The molecule has 6 rings (SSSR count). The zero-order valence-electron chi connectivity index (χ0n) is 28.8. The van der Waals surface area contributed by atoms with Crippen LogP contribution in [-0.2, 0) is 4.74 Å². The number of hydrogen-bond donors (Lipinski definition) is 0. The lowest BCUT2D eigenvalue weighted by molar-refractivity contribution is 0.350.